The van der Waals surface area contributed by atoms with E-state index < -0.39 is 6.04 Å². The van der Waals surface area contributed by atoms with E-state index in [9.17, 15) is 4.79 Å². The zero-order valence-electron chi connectivity index (χ0n) is 8.70. The molecule has 82 valence electrons. The highest BCUT2D eigenvalue weighted by Crippen LogP contribution is 2.21. The van der Waals surface area contributed by atoms with E-state index in [-0.39, 0.29) is 12.1 Å². The van der Waals surface area contributed by atoms with E-state index in [1.807, 2.05) is 0 Å². The number of esters is 1. The molecule has 1 rings (SSSR count). The Morgan fingerprint density at radius 2 is 2.14 bits per heavy atom. The molecule has 1 aliphatic carbocycles. The number of carbonyl (C=O) groups excluding carboxylic acids is 1. The molecule has 0 aromatic carbocycles. The third kappa shape index (κ3) is 3.64. The molecule has 1 atom stereocenters. The van der Waals surface area contributed by atoms with Crippen molar-refractivity contribution in [3.05, 3.63) is 0 Å². The number of ether oxygens (including phenoxy) is 2. The highest BCUT2D eigenvalue weighted by Gasteiger charge is 2.22. The summed E-state index contributed by atoms with van der Waals surface area (Å²) in [5.41, 5.74) is 5.63. The molecule has 0 radical (unpaired) electrons. The van der Waals surface area contributed by atoms with E-state index in [1.54, 1.807) is 7.11 Å². The first-order chi connectivity index (χ1) is 6.74. The molecule has 0 aromatic heterocycles. The molecule has 14 heavy (non-hydrogen) atoms. The maximum absolute atomic E-state index is 11.4. The lowest BCUT2D eigenvalue weighted by atomic mass is 10.2. The monoisotopic (exact) mass is 201 g/mol. The molecule has 0 saturated heterocycles. The Morgan fingerprint density at radius 3 is 2.71 bits per heavy atom. The van der Waals surface area contributed by atoms with E-state index in [1.165, 1.54) is 0 Å². The van der Waals surface area contributed by atoms with Crippen LogP contribution in [0, 0.1) is 0 Å². The average molecular weight is 201 g/mol. The third-order valence-electron chi connectivity index (χ3n) is 2.52. The van der Waals surface area contributed by atoms with Crippen LogP contribution in [0.5, 0.6) is 0 Å². The SMILES string of the molecule is COCC[C@H](N)C(=O)OC1CCCC1. The Hall–Kier alpha value is -0.610. The molecule has 0 heterocycles. The van der Waals surface area contributed by atoms with Crippen LogP contribution >= 0.6 is 0 Å². The molecular formula is C10H19NO3. The van der Waals surface area contributed by atoms with Crippen molar-refractivity contribution in [3.8, 4) is 0 Å². The van der Waals surface area contributed by atoms with Gasteiger partial charge in [0.05, 0.1) is 0 Å². The molecule has 1 fully saturated rings. The first kappa shape index (κ1) is 11.5. The number of hydrogen-bond acceptors (Lipinski definition) is 4. The smallest absolute Gasteiger partial charge is 0.323 e. The van der Waals surface area contributed by atoms with Crippen molar-refractivity contribution in [2.45, 2.75) is 44.2 Å². The van der Waals surface area contributed by atoms with Crippen molar-refractivity contribution in [1.29, 1.82) is 0 Å². The molecular weight excluding hydrogens is 182 g/mol. The first-order valence-corrected chi connectivity index (χ1v) is 5.19. The van der Waals surface area contributed by atoms with Gasteiger partial charge in [0, 0.05) is 13.7 Å². The van der Waals surface area contributed by atoms with Crippen molar-refractivity contribution in [1.82, 2.24) is 0 Å². The molecule has 4 heteroatoms. The average Bonchev–Trinajstić information content (AvgIpc) is 2.66. The van der Waals surface area contributed by atoms with Crippen molar-refractivity contribution in [2.75, 3.05) is 13.7 Å². The normalized spacial score (nSPS) is 19.6. The number of methoxy groups -OCH3 is 1. The molecule has 2 N–H and O–H groups in total. The molecule has 0 aliphatic heterocycles. The second-order valence-electron chi connectivity index (χ2n) is 3.73. The number of carbonyl (C=O) groups is 1. The summed E-state index contributed by atoms with van der Waals surface area (Å²) in [6.45, 7) is 0.501. The minimum absolute atomic E-state index is 0.107. The summed E-state index contributed by atoms with van der Waals surface area (Å²) in [6, 6.07) is -0.532. The van der Waals surface area contributed by atoms with Crippen molar-refractivity contribution < 1.29 is 14.3 Å². The Morgan fingerprint density at radius 1 is 1.50 bits per heavy atom. The van der Waals surface area contributed by atoms with Crippen LogP contribution in [0.2, 0.25) is 0 Å². The van der Waals surface area contributed by atoms with E-state index >= 15 is 0 Å². The summed E-state index contributed by atoms with van der Waals surface area (Å²) in [4.78, 5) is 11.4. The van der Waals surface area contributed by atoms with Crippen LogP contribution < -0.4 is 5.73 Å². The maximum Gasteiger partial charge on any atom is 0.323 e. The fraction of sp³-hybridized carbons (Fsp3) is 0.900. The van der Waals surface area contributed by atoms with Gasteiger partial charge in [0.1, 0.15) is 12.1 Å². The molecule has 0 spiro atoms. The summed E-state index contributed by atoms with van der Waals surface area (Å²) in [6.07, 6.45) is 4.93. The number of nitrogens with two attached hydrogens (primary N) is 1. The predicted octanol–water partition coefficient (Wildman–Crippen LogP) is 0.836. The van der Waals surface area contributed by atoms with Gasteiger partial charge in [-0.25, -0.2) is 0 Å². The molecule has 1 saturated carbocycles. The zero-order chi connectivity index (χ0) is 10.4. The van der Waals surface area contributed by atoms with Gasteiger partial charge in [0.2, 0.25) is 0 Å². The van der Waals surface area contributed by atoms with Crippen LogP contribution in [0.1, 0.15) is 32.1 Å². The van der Waals surface area contributed by atoms with Gasteiger partial charge in [-0.3, -0.25) is 4.79 Å². The van der Waals surface area contributed by atoms with E-state index in [4.69, 9.17) is 15.2 Å². The lowest BCUT2D eigenvalue weighted by molar-refractivity contribution is -0.150. The fourth-order valence-corrected chi connectivity index (χ4v) is 1.62. The second-order valence-corrected chi connectivity index (χ2v) is 3.73. The van der Waals surface area contributed by atoms with Crippen LogP contribution in [0.25, 0.3) is 0 Å². The largest absolute Gasteiger partial charge is 0.461 e. The highest BCUT2D eigenvalue weighted by atomic mass is 16.5. The molecule has 0 unspecified atom stereocenters. The maximum atomic E-state index is 11.4. The quantitative estimate of drug-likeness (QED) is 0.669. The van der Waals surface area contributed by atoms with Crippen molar-refractivity contribution >= 4 is 5.97 Å². The summed E-state index contributed by atoms with van der Waals surface area (Å²) < 4.78 is 10.1. The van der Waals surface area contributed by atoms with E-state index in [0.29, 0.717) is 13.0 Å². The Bertz CT molecular complexity index is 178. The van der Waals surface area contributed by atoms with Crippen molar-refractivity contribution in [3.63, 3.8) is 0 Å². The third-order valence-corrected chi connectivity index (χ3v) is 2.52. The Balaban J connectivity index is 2.18. The van der Waals surface area contributed by atoms with Crippen LogP contribution in [-0.4, -0.2) is 31.8 Å². The Labute approximate surface area is 84.7 Å². The first-order valence-electron chi connectivity index (χ1n) is 5.19. The van der Waals surface area contributed by atoms with Crippen LogP contribution in [0.15, 0.2) is 0 Å². The second kappa shape index (κ2) is 5.98. The molecule has 1 aliphatic rings. The molecule has 0 bridgehead atoms. The van der Waals surface area contributed by atoms with Gasteiger partial charge < -0.3 is 15.2 Å². The van der Waals surface area contributed by atoms with Gasteiger partial charge in [-0.05, 0) is 32.1 Å². The van der Waals surface area contributed by atoms with Gasteiger partial charge in [0.25, 0.3) is 0 Å². The minimum Gasteiger partial charge on any atom is -0.461 e. The van der Waals surface area contributed by atoms with Crippen molar-refractivity contribution in [2.24, 2.45) is 5.73 Å². The molecule has 0 aromatic rings. The summed E-state index contributed by atoms with van der Waals surface area (Å²) >= 11 is 0. The fourth-order valence-electron chi connectivity index (χ4n) is 1.62. The molecule has 4 nitrogen and oxygen atoms in total. The topological polar surface area (TPSA) is 61.5 Å². The number of hydrogen-bond donors (Lipinski definition) is 1. The summed E-state index contributed by atoms with van der Waals surface area (Å²) in [5, 5.41) is 0. The van der Waals surface area contributed by atoms with Gasteiger partial charge in [0.15, 0.2) is 0 Å². The predicted molar refractivity (Wildman–Crippen MR) is 52.8 cm³/mol. The standard InChI is InChI=1S/C10H19NO3/c1-13-7-6-9(11)10(12)14-8-4-2-3-5-8/h8-9H,2-7,11H2,1H3/t9-/m0/s1. The van der Waals surface area contributed by atoms with Gasteiger partial charge in [-0.2, -0.15) is 0 Å². The minimum atomic E-state index is -0.532. The highest BCUT2D eigenvalue weighted by molar-refractivity contribution is 5.75. The summed E-state index contributed by atoms with van der Waals surface area (Å²) in [5.74, 6) is -0.283. The van der Waals surface area contributed by atoms with Crippen LogP contribution in [0.3, 0.4) is 0 Å². The van der Waals surface area contributed by atoms with E-state index in [0.717, 1.165) is 25.7 Å². The van der Waals surface area contributed by atoms with Gasteiger partial charge in [-0.1, -0.05) is 0 Å². The molecule has 0 amide bonds. The lowest BCUT2D eigenvalue weighted by Gasteiger charge is -2.15. The van der Waals surface area contributed by atoms with E-state index in [2.05, 4.69) is 0 Å². The lowest BCUT2D eigenvalue weighted by Crippen LogP contribution is -2.35. The Kier molecular flexibility index (Phi) is 4.90. The van der Waals surface area contributed by atoms with Gasteiger partial charge >= 0.3 is 5.97 Å². The van der Waals surface area contributed by atoms with Gasteiger partial charge in [-0.15, -0.1) is 0 Å². The number of rotatable bonds is 5. The zero-order valence-corrected chi connectivity index (χ0v) is 8.70. The summed E-state index contributed by atoms with van der Waals surface area (Å²) in [7, 11) is 1.59. The van der Waals surface area contributed by atoms with Crippen LogP contribution in [-0.2, 0) is 14.3 Å². The van der Waals surface area contributed by atoms with Crippen LogP contribution in [0.4, 0.5) is 0 Å².